The van der Waals surface area contributed by atoms with Gasteiger partial charge in [-0.05, 0) is 31.0 Å². The number of halogens is 1. The van der Waals surface area contributed by atoms with Crippen LogP contribution in [0.3, 0.4) is 0 Å². The van der Waals surface area contributed by atoms with Crippen LogP contribution < -0.4 is 5.73 Å². The van der Waals surface area contributed by atoms with E-state index in [9.17, 15) is 0 Å². The molecule has 0 unspecified atom stereocenters. The van der Waals surface area contributed by atoms with Gasteiger partial charge in [-0.25, -0.2) is 4.68 Å². The molecule has 0 saturated carbocycles. The molecule has 0 spiro atoms. The van der Waals surface area contributed by atoms with Gasteiger partial charge in [-0.3, -0.25) is 0 Å². The van der Waals surface area contributed by atoms with Crippen molar-refractivity contribution in [3.63, 3.8) is 0 Å². The molecule has 0 radical (unpaired) electrons. The predicted octanol–water partition coefficient (Wildman–Crippen LogP) is 2.64. The molecule has 0 atom stereocenters. The van der Waals surface area contributed by atoms with Gasteiger partial charge in [0.25, 0.3) is 0 Å². The minimum atomic E-state index is 0.412. The Bertz CT molecular complexity index is 548. The van der Waals surface area contributed by atoms with Crippen molar-refractivity contribution in [2.45, 2.75) is 33.2 Å². The molecule has 1 heterocycles. The van der Waals surface area contributed by atoms with Crippen molar-refractivity contribution in [1.29, 1.82) is 0 Å². The Kier molecular flexibility index (Phi) is 3.99. The molecular formula is C13H17ClN4. The summed E-state index contributed by atoms with van der Waals surface area (Å²) in [7, 11) is 0. The highest BCUT2D eigenvalue weighted by atomic mass is 35.5. The average molecular weight is 265 g/mol. The van der Waals surface area contributed by atoms with E-state index in [4.69, 9.17) is 17.3 Å². The van der Waals surface area contributed by atoms with Crippen molar-refractivity contribution >= 4 is 11.6 Å². The van der Waals surface area contributed by atoms with Gasteiger partial charge < -0.3 is 5.73 Å². The first kappa shape index (κ1) is 13.1. The summed E-state index contributed by atoms with van der Waals surface area (Å²) in [6, 6.07) is 5.77. The van der Waals surface area contributed by atoms with E-state index in [0.29, 0.717) is 11.6 Å². The molecule has 1 aromatic carbocycles. The van der Waals surface area contributed by atoms with Crippen LogP contribution in [0.2, 0.25) is 5.02 Å². The molecule has 2 N–H and O–H groups in total. The van der Waals surface area contributed by atoms with Gasteiger partial charge in [0.05, 0.1) is 17.1 Å². The molecule has 0 saturated heterocycles. The van der Waals surface area contributed by atoms with Crippen LogP contribution in [-0.2, 0) is 13.0 Å². The van der Waals surface area contributed by atoms with Gasteiger partial charge in [-0.15, -0.1) is 5.10 Å². The van der Waals surface area contributed by atoms with Gasteiger partial charge in [0.15, 0.2) is 0 Å². The van der Waals surface area contributed by atoms with E-state index in [1.54, 1.807) is 0 Å². The largest absolute Gasteiger partial charge is 0.325 e. The number of nitrogens with zero attached hydrogens (tertiary/aromatic N) is 3. The highest BCUT2D eigenvalue weighted by Gasteiger charge is 2.13. The number of hydrogen-bond acceptors (Lipinski definition) is 3. The molecular weight excluding hydrogens is 248 g/mol. The Morgan fingerprint density at radius 1 is 1.39 bits per heavy atom. The second-order valence-corrected chi connectivity index (χ2v) is 4.72. The topological polar surface area (TPSA) is 56.7 Å². The number of aryl methyl sites for hydroxylation is 1. The zero-order chi connectivity index (χ0) is 13.1. The molecule has 0 aliphatic carbocycles. The van der Waals surface area contributed by atoms with Crippen LogP contribution in [0.15, 0.2) is 18.2 Å². The lowest BCUT2D eigenvalue weighted by atomic mass is 10.1. The maximum atomic E-state index is 6.05. The van der Waals surface area contributed by atoms with Crippen LogP contribution in [-0.4, -0.2) is 15.0 Å². The van der Waals surface area contributed by atoms with E-state index in [1.165, 1.54) is 0 Å². The van der Waals surface area contributed by atoms with Gasteiger partial charge in [-0.2, -0.15) is 0 Å². The Morgan fingerprint density at radius 3 is 2.83 bits per heavy atom. The number of hydrogen-bond donors (Lipinski definition) is 1. The quantitative estimate of drug-likeness (QED) is 0.924. The highest BCUT2D eigenvalue weighted by molar-refractivity contribution is 6.30. The lowest BCUT2D eigenvalue weighted by molar-refractivity contribution is 0.742. The molecule has 96 valence electrons. The van der Waals surface area contributed by atoms with Gasteiger partial charge in [0, 0.05) is 11.6 Å². The highest BCUT2D eigenvalue weighted by Crippen LogP contribution is 2.21. The lowest BCUT2D eigenvalue weighted by Crippen LogP contribution is -2.07. The van der Waals surface area contributed by atoms with Crippen molar-refractivity contribution in [3.05, 3.63) is 40.2 Å². The third kappa shape index (κ3) is 2.40. The summed E-state index contributed by atoms with van der Waals surface area (Å²) in [6.45, 7) is 4.57. The Balaban J connectivity index is 2.56. The minimum absolute atomic E-state index is 0.412. The number of nitrogens with two attached hydrogens (primary N) is 1. The molecule has 5 heteroatoms. The van der Waals surface area contributed by atoms with Crippen LogP contribution >= 0.6 is 11.6 Å². The standard InChI is InChI=1S/C13H17ClN4/c1-3-4-12-11(8-15)16-17-18(12)13-7-10(14)6-5-9(13)2/h5-7H,3-4,8,15H2,1-2H3. The molecule has 2 aromatic rings. The molecule has 0 amide bonds. The summed E-state index contributed by atoms with van der Waals surface area (Å²) >= 11 is 6.05. The fourth-order valence-electron chi connectivity index (χ4n) is 1.98. The van der Waals surface area contributed by atoms with Gasteiger partial charge in [-0.1, -0.05) is 36.2 Å². The molecule has 4 nitrogen and oxygen atoms in total. The number of rotatable bonds is 4. The third-order valence-electron chi connectivity index (χ3n) is 2.92. The number of benzene rings is 1. The zero-order valence-electron chi connectivity index (χ0n) is 10.7. The fourth-order valence-corrected chi connectivity index (χ4v) is 2.15. The smallest absolute Gasteiger partial charge is 0.0999 e. The number of aromatic nitrogens is 3. The van der Waals surface area contributed by atoms with Crippen LogP contribution in [0.1, 0.15) is 30.3 Å². The fraction of sp³-hybridized carbons (Fsp3) is 0.385. The first-order chi connectivity index (χ1) is 8.67. The van der Waals surface area contributed by atoms with Gasteiger partial charge in [0.1, 0.15) is 0 Å². The summed E-state index contributed by atoms with van der Waals surface area (Å²) < 4.78 is 1.85. The van der Waals surface area contributed by atoms with E-state index < -0.39 is 0 Å². The molecule has 0 aliphatic heterocycles. The third-order valence-corrected chi connectivity index (χ3v) is 3.16. The summed E-state index contributed by atoms with van der Waals surface area (Å²) in [5, 5.41) is 9.05. The van der Waals surface area contributed by atoms with E-state index in [2.05, 4.69) is 17.2 Å². The second kappa shape index (κ2) is 5.50. The molecule has 0 bridgehead atoms. The van der Waals surface area contributed by atoms with E-state index in [0.717, 1.165) is 35.5 Å². The Hall–Kier alpha value is -1.39. The van der Waals surface area contributed by atoms with Crippen molar-refractivity contribution in [1.82, 2.24) is 15.0 Å². The molecule has 2 rings (SSSR count). The molecule has 0 fully saturated rings. The van der Waals surface area contributed by atoms with Crippen molar-refractivity contribution in [2.24, 2.45) is 5.73 Å². The van der Waals surface area contributed by atoms with Crippen molar-refractivity contribution in [3.8, 4) is 5.69 Å². The monoisotopic (exact) mass is 264 g/mol. The van der Waals surface area contributed by atoms with E-state index in [-0.39, 0.29) is 0 Å². The summed E-state index contributed by atoms with van der Waals surface area (Å²) in [6.07, 6.45) is 1.94. The van der Waals surface area contributed by atoms with Gasteiger partial charge >= 0.3 is 0 Å². The van der Waals surface area contributed by atoms with Crippen LogP contribution in [0.4, 0.5) is 0 Å². The van der Waals surface area contributed by atoms with Crippen LogP contribution in [0.25, 0.3) is 5.69 Å². The lowest BCUT2D eigenvalue weighted by Gasteiger charge is -2.10. The molecule has 0 aliphatic rings. The van der Waals surface area contributed by atoms with Crippen LogP contribution in [0, 0.1) is 6.92 Å². The van der Waals surface area contributed by atoms with Crippen LogP contribution in [0.5, 0.6) is 0 Å². The maximum absolute atomic E-state index is 6.05. The average Bonchev–Trinajstić information content (AvgIpc) is 2.76. The minimum Gasteiger partial charge on any atom is -0.325 e. The van der Waals surface area contributed by atoms with E-state index in [1.807, 2.05) is 29.8 Å². The SMILES string of the molecule is CCCc1c(CN)nnn1-c1cc(Cl)ccc1C. The zero-order valence-corrected chi connectivity index (χ0v) is 11.4. The Labute approximate surface area is 112 Å². The summed E-state index contributed by atoms with van der Waals surface area (Å²) in [5.74, 6) is 0. The maximum Gasteiger partial charge on any atom is 0.0999 e. The van der Waals surface area contributed by atoms with Crippen molar-refractivity contribution < 1.29 is 0 Å². The first-order valence-electron chi connectivity index (χ1n) is 6.07. The summed E-state index contributed by atoms with van der Waals surface area (Å²) in [5.41, 5.74) is 9.72. The van der Waals surface area contributed by atoms with Crippen molar-refractivity contribution in [2.75, 3.05) is 0 Å². The normalized spacial score (nSPS) is 10.9. The molecule has 18 heavy (non-hydrogen) atoms. The summed E-state index contributed by atoms with van der Waals surface area (Å²) in [4.78, 5) is 0. The predicted molar refractivity (Wildman–Crippen MR) is 73.0 cm³/mol. The second-order valence-electron chi connectivity index (χ2n) is 4.28. The Morgan fingerprint density at radius 2 is 2.17 bits per heavy atom. The molecule has 1 aromatic heterocycles. The van der Waals surface area contributed by atoms with E-state index >= 15 is 0 Å². The first-order valence-corrected chi connectivity index (χ1v) is 6.45. The van der Waals surface area contributed by atoms with Gasteiger partial charge in [0.2, 0.25) is 0 Å².